The molecule has 1 aliphatic heterocycles. The van der Waals surface area contributed by atoms with E-state index in [-0.39, 0.29) is 10.3 Å². The Morgan fingerprint density at radius 3 is 2.56 bits per heavy atom. The minimum Gasteiger partial charge on any atom is -0.381 e. The molecule has 3 aromatic rings. The highest BCUT2D eigenvalue weighted by molar-refractivity contribution is 9.10. The first kappa shape index (κ1) is 23.7. The number of imidazole rings is 1. The van der Waals surface area contributed by atoms with E-state index in [1.165, 1.54) is 24.2 Å². The predicted molar refractivity (Wildman–Crippen MR) is 131 cm³/mol. The summed E-state index contributed by atoms with van der Waals surface area (Å²) in [6, 6.07) is 7.91. The Bertz CT molecular complexity index is 1240. The summed E-state index contributed by atoms with van der Waals surface area (Å²) in [5.74, 6) is 1.70. The van der Waals surface area contributed by atoms with E-state index in [2.05, 4.69) is 64.5 Å². The zero-order valence-electron chi connectivity index (χ0n) is 18.8. The summed E-state index contributed by atoms with van der Waals surface area (Å²) in [6.07, 6.45) is 4.75. The number of fused-ring (bicyclic) bond motifs is 1. The van der Waals surface area contributed by atoms with Gasteiger partial charge in [-0.1, -0.05) is 32.5 Å². The van der Waals surface area contributed by atoms with Crippen LogP contribution in [0.3, 0.4) is 0 Å². The molecule has 1 aromatic carbocycles. The molecule has 0 spiro atoms. The van der Waals surface area contributed by atoms with E-state index in [9.17, 15) is 8.42 Å². The van der Waals surface area contributed by atoms with Crippen LogP contribution in [0.25, 0.3) is 11.0 Å². The molecule has 0 atom stereocenters. The second-order valence-corrected chi connectivity index (χ2v) is 13.3. The average molecular weight is 539 g/mol. The molecular weight excluding hydrogens is 510 g/mol. The molecule has 1 fully saturated rings. The van der Waals surface area contributed by atoms with Crippen LogP contribution in [0, 0.1) is 5.92 Å². The van der Waals surface area contributed by atoms with Crippen molar-refractivity contribution in [1.29, 1.82) is 0 Å². The van der Waals surface area contributed by atoms with Gasteiger partial charge in [0.05, 0.1) is 20.4 Å². The highest BCUT2D eigenvalue weighted by Gasteiger charge is 2.25. The summed E-state index contributed by atoms with van der Waals surface area (Å²) in [5.41, 5.74) is 2.05. The molecule has 0 amide bonds. The maximum atomic E-state index is 11.8. The van der Waals surface area contributed by atoms with Crippen LogP contribution in [0.1, 0.15) is 39.4 Å². The molecule has 2 aromatic heterocycles. The molecule has 3 heterocycles. The third kappa shape index (κ3) is 5.21. The van der Waals surface area contributed by atoms with Gasteiger partial charge in [0.15, 0.2) is 9.84 Å². The molecule has 172 valence electrons. The molecule has 1 saturated heterocycles. The second-order valence-electron chi connectivity index (χ2n) is 9.33. The average Bonchev–Trinajstić information content (AvgIpc) is 3.08. The Morgan fingerprint density at radius 2 is 1.94 bits per heavy atom. The quantitative estimate of drug-likeness (QED) is 0.429. The van der Waals surface area contributed by atoms with Gasteiger partial charge in [-0.3, -0.25) is 0 Å². The van der Waals surface area contributed by atoms with E-state index in [0.717, 1.165) is 59.4 Å². The third-order valence-electron chi connectivity index (χ3n) is 5.60. The van der Waals surface area contributed by atoms with Crippen LogP contribution < -0.4 is 0 Å². The molecule has 4 rings (SSSR count). The fourth-order valence-corrected chi connectivity index (χ4v) is 6.03. The highest BCUT2D eigenvalue weighted by atomic mass is 79.9. The van der Waals surface area contributed by atoms with Crippen molar-refractivity contribution in [3.8, 4) is 0 Å². The summed E-state index contributed by atoms with van der Waals surface area (Å²) in [6.45, 7) is 9.24. The molecule has 0 aliphatic carbocycles. The summed E-state index contributed by atoms with van der Waals surface area (Å²) >= 11 is 4.95. The smallest absolute Gasteiger partial charge is 0.177 e. The molecule has 0 N–H and O–H groups in total. The third-order valence-corrected chi connectivity index (χ3v) is 8.55. The minimum absolute atomic E-state index is 0.0659. The number of hydrogen-bond acceptors (Lipinski definition) is 6. The Hall–Kier alpha value is -1.42. The van der Waals surface area contributed by atoms with Crippen molar-refractivity contribution in [2.75, 3.05) is 19.5 Å². The molecule has 1 aliphatic rings. The maximum Gasteiger partial charge on any atom is 0.177 e. The summed E-state index contributed by atoms with van der Waals surface area (Å²) < 4.78 is 32.1. The zero-order valence-corrected chi connectivity index (χ0v) is 22.0. The number of benzene rings is 1. The first-order chi connectivity index (χ1) is 15.0. The van der Waals surface area contributed by atoms with Crippen molar-refractivity contribution in [2.45, 2.75) is 60.4 Å². The van der Waals surface area contributed by atoms with E-state index < -0.39 is 9.84 Å². The van der Waals surface area contributed by atoms with Crippen molar-refractivity contribution in [1.82, 2.24) is 14.5 Å². The van der Waals surface area contributed by atoms with E-state index >= 15 is 0 Å². The highest BCUT2D eigenvalue weighted by Crippen LogP contribution is 2.36. The summed E-state index contributed by atoms with van der Waals surface area (Å²) in [7, 11) is -3.29. The number of ether oxygens (including phenoxy) is 1. The minimum atomic E-state index is -3.29. The first-order valence-electron chi connectivity index (χ1n) is 10.6. The number of halogens is 1. The van der Waals surface area contributed by atoms with Gasteiger partial charge >= 0.3 is 0 Å². The Kier molecular flexibility index (Phi) is 6.73. The van der Waals surface area contributed by atoms with Crippen molar-refractivity contribution >= 4 is 48.6 Å². The number of rotatable bonds is 5. The van der Waals surface area contributed by atoms with Gasteiger partial charge in [-0.25, -0.2) is 18.4 Å². The lowest BCUT2D eigenvalue weighted by Crippen LogP contribution is -2.25. The summed E-state index contributed by atoms with van der Waals surface area (Å²) in [4.78, 5) is 10.6. The van der Waals surface area contributed by atoms with Crippen molar-refractivity contribution in [2.24, 2.45) is 5.92 Å². The van der Waals surface area contributed by atoms with Gasteiger partial charge < -0.3 is 9.30 Å². The Labute approximate surface area is 202 Å². The number of sulfone groups is 1. The van der Waals surface area contributed by atoms with Crippen molar-refractivity contribution < 1.29 is 13.2 Å². The lowest BCUT2D eigenvalue weighted by atomic mass is 9.94. The van der Waals surface area contributed by atoms with Crippen LogP contribution in [-0.2, 0) is 26.5 Å². The number of nitrogens with zero attached hydrogens (tertiary/aromatic N) is 3. The molecule has 0 unspecified atom stereocenters. The van der Waals surface area contributed by atoms with E-state index in [1.54, 1.807) is 6.07 Å². The predicted octanol–water partition coefficient (Wildman–Crippen LogP) is 5.47. The van der Waals surface area contributed by atoms with E-state index in [4.69, 9.17) is 9.72 Å². The van der Waals surface area contributed by atoms with Gasteiger partial charge in [-0.2, -0.15) is 0 Å². The lowest BCUT2D eigenvalue weighted by Gasteiger charge is -2.26. The second kappa shape index (κ2) is 9.08. The molecular formula is C23H28BrN3O3S2. The van der Waals surface area contributed by atoms with Crippen molar-refractivity contribution in [3.63, 3.8) is 0 Å². The number of aromatic nitrogens is 3. The van der Waals surface area contributed by atoms with E-state index in [0.29, 0.717) is 10.4 Å². The Morgan fingerprint density at radius 1 is 1.22 bits per heavy atom. The molecule has 32 heavy (non-hydrogen) atoms. The monoisotopic (exact) mass is 537 g/mol. The van der Waals surface area contributed by atoms with Crippen LogP contribution in [0.5, 0.6) is 0 Å². The van der Waals surface area contributed by atoms with Gasteiger partial charge in [-0.15, -0.1) is 0 Å². The molecule has 6 nitrogen and oxygen atoms in total. The Balaban J connectivity index is 1.67. The molecule has 9 heteroatoms. The van der Waals surface area contributed by atoms with E-state index in [1.807, 2.05) is 0 Å². The topological polar surface area (TPSA) is 74.1 Å². The van der Waals surface area contributed by atoms with Crippen LogP contribution >= 0.6 is 27.7 Å². The fourth-order valence-electron chi connectivity index (χ4n) is 3.91. The number of pyridine rings is 1. The standard InChI is InChI=1S/C23H28BrN3O3S2/c1-23(2,3)22-26-19-11-16(31-21-18(24)12-17(13-25-21)32(4,28)29)5-6-20(19)27(22)14-15-7-9-30-10-8-15/h5-6,11-13,15H,7-10,14H2,1-4H3. The van der Waals surface area contributed by atoms with Gasteiger partial charge in [-0.05, 0) is 59.0 Å². The van der Waals surface area contributed by atoms with Gasteiger partial charge in [0.25, 0.3) is 0 Å². The molecule has 0 saturated carbocycles. The van der Waals surface area contributed by atoms with Gasteiger partial charge in [0.2, 0.25) is 0 Å². The van der Waals surface area contributed by atoms with Crippen LogP contribution in [0.2, 0.25) is 0 Å². The van der Waals surface area contributed by atoms with Gasteiger partial charge in [0, 0.05) is 42.5 Å². The van der Waals surface area contributed by atoms with Crippen LogP contribution in [0.4, 0.5) is 0 Å². The lowest BCUT2D eigenvalue weighted by molar-refractivity contribution is 0.0611. The SMILES string of the molecule is CC(C)(C)c1nc2cc(Sc3ncc(S(C)(=O)=O)cc3Br)ccc2n1CC1CCOCC1. The number of hydrogen-bond donors (Lipinski definition) is 0. The first-order valence-corrected chi connectivity index (χ1v) is 14.1. The van der Waals surface area contributed by atoms with Crippen LogP contribution in [0.15, 0.2) is 49.8 Å². The fraction of sp³-hybridized carbons (Fsp3) is 0.478. The summed E-state index contributed by atoms with van der Waals surface area (Å²) in [5, 5.41) is 0.717. The van der Waals surface area contributed by atoms with Gasteiger partial charge in [0.1, 0.15) is 10.9 Å². The maximum absolute atomic E-state index is 11.8. The molecule has 0 bridgehead atoms. The van der Waals surface area contributed by atoms with Crippen molar-refractivity contribution in [3.05, 3.63) is 40.8 Å². The van der Waals surface area contributed by atoms with Crippen LogP contribution in [-0.4, -0.2) is 42.4 Å². The molecule has 0 radical (unpaired) electrons. The zero-order chi connectivity index (χ0) is 23.1. The largest absolute Gasteiger partial charge is 0.381 e. The normalized spacial score (nSPS) is 16.0.